The van der Waals surface area contributed by atoms with E-state index in [1.165, 1.54) is 103 Å². The van der Waals surface area contributed by atoms with Crippen LogP contribution in [0.3, 0.4) is 0 Å². The van der Waals surface area contributed by atoms with Gasteiger partial charge in [0.25, 0.3) is 0 Å². The molecule has 0 spiro atoms. The predicted molar refractivity (Wildman–Crippen MR) is 188 cm³/mol. The van der Waals surface area contributed by atoms with E-state index in [4.69, 9.17) is 0 Å². The van der Waals surface area contributed by atoms with Gasteiger partial charge in [0.2, 0.25) is 0 Å². The van der Waals surface area contributed by atoms with Crippen molar-refractivity contribution in [3.63, 3.8) is 0 Å². The van der Waals surface area contributed by atoms with Crippen LogP contribution in [0.25, 0.3) is 0 Å². The Hall–Kier alpha value is -1.76. The van der Waals surface area contributed by atoms with Gasteiger partial charge in [-0.1, -0.05) is 67.2 Å². The van der Waals surface area contributed by atoms with Gasteiger partial charge in [-0.15, -0.1) is 0 Å². The van der Waals surface area contributed by atoms with Crippen molar-refractivity contribution in [2.75, 3.05) is 6.54 Å². The molecule has 0 aromatic carbocycles. The van der Waals surface area contributed by atoms with Crippen molar-refractivity contribution in [3.8, 4) is 0 Å². The molecule has 10 unspecified atom stereocenters. The summed E-state index contributed by atoms with van der Waals surface area (Å²) >= 11 is 0. The predicted octanol–water partition coefficient (Wildman–Crippen LogP) is 11.4. The van der Waals surface area contributed by atoms with Crippen molar-refractivity contribution in [3.05, 3.63) is 72.0 Å². The Bertz CT molecular complexity index is 1140. The zero-order valence-corrected chi connectivity index (χ0v) is 28.2. The molecule has 6 aliphatic carbocycles. The molecule has 240 valence electrons. The van der Waals surface area contributed by atoms with Crippen LogP contribution >= 0.6 is 0 Å². The number of hydrogen-bond acceptors (Lipinski definition) is 1. The fourth-order valence-corrected chi connectivity index (χ4v) is 11.8. The largest absolute Gasteiger partial charge is 0.391 e. The van der Waals surface area contributed by atoms with Gasteiger partial charge in [0.15, 0.2) is 0 Å². The van der Waals surface area contributed by atoms with Crippen molar-refractivity contribution < 1.29 is 0 Å². The Morgan fingerprint density at radius 1 is 0.727 bits per heavy atom. The van der Waals surface area contributed by atoms with E-state index in [1.54, 1.807) is 11.1 Å². The smallest absolute Gasteiger partial charge is 0.0179 e. The molecule has 7 aliphatic rings. The van der Waals surface area contributed by atoms with Crippen molar-refractivity contribution in [2.45, 2.75) is 117 Å². The molecule has 0 amide bonds. The summed E-state index contributed by atoms with van der Waals surface area (Å²) in [6.45, 7) is 5.92. The summed E-state index contributed by atoms with van der Waals surface area (Å²) in [5, 5.41) is 3.43. The zero-order chi connectivity index (χ0) is 29.9. The third-order valence-electron chi connectivity index (χ3n) is 14.4. The Morgan fingerprint density at radius 3 is 2.23 bits per heavy atom. The quantitative estimate of drug-likeness (QED) is 0.276. The van der Waals surface area contributed by atoms with Crippen LogP contribution in [0.5, 0.6) is 0 Å². The summed E-state index contributed by atoms with van der Waals surface area (Å²) in [4.78, 5) is 0. The third kappa shape index (κ3) is 6.55. The van der Waals surface area contributed by atoms with Gasteiger partial charge in [-0.2, -0.15) is 0 Å². The minimum absolute atomic E-state index is 0.735. The lowest BCUT2D eigenvalue weighted by Gasteiger charge is -2.50. The lowest BCUT2D eigenvalue weighted by molar-refractivity contribution is 0.0293. The molecule has 1 heterocycles. The molecule has 0 bridgehead atoms. The van der Waals surface area contributed by atoms with Crippen LogP contribution in [0.4, 0.5) is 0 Å². The first-order chi connectivity index (χ1) is 21.7. The van der Waals surface area contributed by atoms with Crippen molar-refractivity contribution in [1.82, 2.24) is 5.32 Å². The maximum Gasteiger partial charge on any atom is 0.0179 e. The minimum atomic E-state index is 0.735. The monoisotopic (exact) mass is 593 g/mol. The van der Waals surface area contributed by atoms with Gasteiger partial charge >= 0.3 is 0 Å². The van der Waals surface area contributed by atoms with E-state index in [-0.39, 0.29) is 0 Å². The number of rotatable bonds is 8. The average Bonchev–Trinajstić information content (AvgIpc) is 3.64. The molecule has 7 rings (SSSR count). The first kappa shape index (κ1) is 30.9. The van der Waals surface area contributed by atoms with Gasteiger partial charge in [0, 0.05) is 6.54 Å². The van der Waals surface area contributed by atoms with E-state index in [2.05, 4.69) is 80.0 Å². The van der Waals surface area contributed by atoms with Gasteiger partial charge in [0.1, 0.15) is 0 Å². The van der Waals surface area contributed by atoms with Gasteiger partial charge in [-0.3, -0.25) is 0 Å². The average molecular weight is 594 g/mol. The molecule has 0 saturated heterocycles. The van der Waals surface area contributed by atoms with Crippen LogP contribution in [0.15, 0.2) is 72.0 Å². The molecular weight excluding hydrogens is 530 g/mol. The van der Waals surface area contributed by atoms with Crippen molar-refractivity contribution in [1.29, 1.82) is 0 Å². The molecular formula is C43H63N. The molecule has 2 saturated carbocycles. The molecule has 2 fully saturated rings. The molecule has 10 atom stereocenters. The number of allylic oxidation sites excluding steroid dienone is 10. The van der Waals surface area contributed by atoms with Crippen LogP contribution < -0.4 is 5.32 Å². The molecule has 0 aromatic heterocycles. The summed E-state index contributed by atoms with van der Waals surface area (Å²) in [6, 6.07) is 0. The van der Waals surface area contributed by atoms with Crippen LogP contribution in [0.2, 0.25) is 0 Å². The fraction of sp³-hybridized carbons (Fsp3) is 0.721. The van der Waals surface area contributed by atoms with Crippen LogP contribution in [0, 0.1) is 71.0 Å². The van der Waals surface area contributed by atoms with E-state index in [9.17, 15) is 0 Å². The van der Waals surface area contributed by atoms with E-state index >= 15 is 0 Å². The first-order valence-electron chi connectivity index (χ1n) is 19.4. The maximum absolute atomic E-state index is 3.43. The summed E-state index contributed by atoms with van der Waals surface area (Å²) < 4.78 is 0. The zero-order valence-electron chi connectivity index (χ0n) is 28.2. The summed E-state index contributed by atoms with van der Waals surface area (Å²) in [5.74, 6) is 10.4. The number of fused-ring (bicyclic) bond motifs is 2. The molecule has 0 aromatic rings. The lowest BCUT2D eigenvalue weighted by atomic mass is 9.55. The molecule has 0 radical (unpaired) electrons. The van der Waals surface area contributed by atoms with Crippen molar-refractivity contribution >= 4 is 0 Å². The van der Waals surface area contributed by atoms with Gasteiger partial charge < -0.3 is 5.32 Å². The highest BCUT2D eigenvalue weighted by Gasteiger charge is 2.45. The third-order valence-corrected chi connectivity index (χ3v) is 14.4. The second-order valence-electron chi connectivity index (χ2n) is 16.4. The minimum Gasteiger partial charge on any atom is -0.391 e. The Balaban J connectivity index is 0.937. The van der Waals surface area contributed by atoms with E-state index in [0.717, 1.165) is 77.6 Å². The Morgan fingerprint density at radius 2 is 1.45 bits per heavy atom. The standard InChI is InChI=1S/C43H63N/c1-3-31(16-15-30(2)37-27-28-44-29-37)32-17-19-35(20-18-32)40-25-26-41(43-13-7-6-12-42(40)43)36-23-21-34(22-24-36)39-14-8-10-33-9-4-5-11-38(33)39/h3-4,7-9,13-14,21,23,29-30,32-36,38-44H,5-6,10-12,15-20,22,24-28H2,1-2H3/b31-3+. The summed E-state index contributed by atoms with van der Waals surface area (Å²) in [7, 11) is 0. The van der Waals surface area contributed by atoms with Crippen molar-refractivity contribution in [2.24, 2.45) is 71.0 Å². The molecule has 1 heteroatoms. The first-order valence-corrected chi connectivity index (χ1v) is 19.4. The van der Waals surface area contributed by atoms with Gasteiger partial charge in [-0.05, 0) is 192 Å². The molecule has 1 N–H and O–H groups in total. The van der Waals surface area contributed by atoms with Gasteiger partial charge in [0.05, 0.1) is 0 Å². The summed E-state index contributed by atoms with van der Waals surface area (Å²) in [6.07, 6.45) is 48.2. The van der Waals surface area contributed by atoms with Crippen LogP contribution in [-0.2, 0) is 0 Å². The Labute approximate surface area is 270 Å². The second kappa shape index (κ2) is 14.3. The SMILES string of the molecule is C/C=C(\CCC(C)C1=CNCC1)C1CCC(C2CCC(C3C=CC(C4C=CCC5C=CCCC54)CC3)C3C=CCCC32)CC1. The van der Waals surface area contributed by atoms with Crippen LogP contribution in [-0.4, -0.2) is 6.54 Å². The number of nitrogens with one attached hydrogen (secondary N) is 1. The topological polar surface area (TPSA) is 12.0 Å². The fourth-order valence-electron chi connectivity index (χ4n) is 11.8. The second-order valence-corrected chi connectivity index (χ2v) is 16.4. The number of hydrogen-bond donors (Lipinski definition) is 1. The van der Waals surface area contributed by atoms with E-state index in [0.29, 0.717) is 0 Å². The normalized spacial score (nSPS) is 42.7. The van der Waals surface area contributed by atoms with E-state index < -0.39 is 0 Å². The van der Waals surface area contributed by atoms with E-state index in [1.807, 2.05) is 0 Å². The van der Waals surface area contributed by atoms with Gasteiger partial charge in [-0.25, -0.2) is 0 Å². The van der Waals surface area contributed by atoms with Crippen LogP contribution in [0.1, 0.15) is 117 Å². The molecule has 1 aliphatic heterocycles. The molecule has 1 nitrogen and oxygen atoms in total. The lowest BCUT2D eigenvalue weighted by Crippen LogP contribution is -2.42. The maximum atomic E-state index is 3.43. The molecule has 44 heavy (non-hydrogen) atoms. The highest BCUT2D eigenvalue weighted by molar-refractivity contribution is 5.17. The summed E-state index contributed by atoms with van der Waals surface area (Å²) in [5.41, 5.74) is 3.43. The Kier molecular flexibility index (Phi) is 10.1. The highest BCUT2D eigenvalue weighted by Crippen LogP contribution is 2.54. The highest BCUT2D eigenvalue weighted by atomic mass is 14.9.